The highest BCUT2D eigenvalue weighted by Gasteiger charge is 2.19. The molecule has 0 aromatic rings. The van der Waals surface area contributed by atoms with E-state index in [4.69, 9.17) is 14.2 Å². The van der Waals surface area contributed by atoms with E-state index in [0.29, 0.717) is 19.3 Å². The van der Waals surface area contributed by atoms with Crippen LogP contribution in [0.25, 0.3) is 0 Å². The minimum Gasteiger partial charge on any atom is -0.462 e. The Morgan fingerprint density at radius 2 is 0.526 bits per heavy atom. The van der Waals surface area contributed by atoms with Gasteiger partial charge in [0.1, 0.15) is 13.2 Å². The molecule has 0 bridgehead atoms. The van der Waals surface area contributed by atoms with Gasteiger partial charge in [-0.25, -0.2) is 0 Å². The first-order chi connectivity index (χ1) is 38.5. The lowest BCUT2D eigenvalue weighted by atomic mass is 10.0. The van der Waals surface area contributed by atoms with Crippen LogP contribution < -0.4 is 0 Å². The predicted molar refractivity (Wildman–Crippen MR) is 339 cm³/mol. The molecule has 0 aliphatic heterocycles. The molecule has 0 aliphatic rings. The fourth-order valence-electron chi connectivity index (χ4n) is 10.4. The topological polar surface area (TPSA) is 78.9 Å². The Kier molecular flexibility index (Phi) is 64.6. The maximum absolute atomic E-state index is 12.9. The zero-order chi connectivity index (χ0) is 56.4. The third-order valence-electron chi connectivity index (χ3n) is 15.5. The Bertz CT molecular complexity index is 1350. The molecule has 0 N–H and O–H groups in total. The number of hydrogen-bond donors (Lipinski definition) is 0. The predicted octanol–water partition coefficient (Wildman–Crippen LogP) is 23.7. The van der Waals surface area contributed by atoms with E-state index < -0.39 is 6.10 Å². The van der Waals surface area contributed by atoms with E-state index in [1.54, 1.807) is 0 Å². The van der Waals surface area contributed by atoms with Gasteiger partial charge in [0, 0.05) is 19.3 Å². The standard InChI is InChI=1S/C72H132O6/c1-4-7-10-13-16-19-22-24-26-27-28-29-30-31-32-33-34-35-36-37-38-39-40-41-42-43-44-45-47-48-50-53-56-59-62-65-71(74)77-68-69(67-76-70(73)64-61-58-55-52-21-18-15-12-9-6-3)78-72(75)66-63-60-57-54-51-49-46-25-23-20-17-14-11-8-5-2/h8,11-12,15,17,20,25,46,69H,4-7,9-10,13-14,16,18-19,21-24,26-45,47-68H2,1-3H3/b11-8-,15-12-,20-17-,46-25-. The maximum atomic E-state index is 12.9. The lowest BCUT2D eigenvalue weighted by molar-refractivity contribution is -0.167. The first-order valence-corrected chi connectivity index (χ1v) is 34.6. The van der Waals surface area contributed by atoms with Crippen molar-refractivity contribution in [2.75, 3.05) is 13.2 Å². The van der Waals surface area contributed by atoms with Crippen LogP contribution in [0.5, 0.6) is 0 Å². The second kappa shape index (κ2) is 66.9. The Balaban J connectivity index is 3.98. The highest BCUT2D eigenvalue weighted by atomic mass is 16.6. The third-order valence-corrected chi connectivity index (χ3v) is 15.5. The average molecular weight is 1090 g/mol. The van der Waals surface area contributed by atoms with Crippen LogP contribution in [-0.2, 0) is 28.6 Å². The second-order valence-electron chi connectivity index (χ2n) is 23.4. The molecule has 0 spiro atoms. The summed E-state index contributed by atoms with van der Waals surface area (Å²) < 4.78 is 16.9. The molecule has 0 heterocycles. The highest BCUT2D eigenvalue weighted by Crippen LogP contribution is 2.19. The first kappa shape index (κ1) is 75.4. The van der Waals surface area contributed by atoms with E-state index in [9.17, 15) is 14.4 Å². The smallest absolute Gasteiger partial charge is 0.306 e. The minimum absolute atomic E-state index is 0.0799. The van der Waals surface area contributed by atoms with Gasteiger partial charge in [-0.1, -0.05) is 333 Å². The summed E-state index contributed by atoms with van der Waals surface area (Å²) in [5.74, 6) is -0.891. The number of carbonyl (C=O) groups is 3. The van der Waals surface area contributed by atoms with E-state index in [-0.39, 0.29) is 31.1 Å². The van der Waals surface area contributed by atoms with E-state index in [0.717, 1.165) is 109 Å². The van der Waals surface area contributed by atoms with Crippen LogP contribution in [0.15, 0.2) is 48.6 Å². The van der Waals surface area contributed by atoms with Gasteiger partial charge in [-0.2, -0.15) is 0 Å². The van der Waals surface area contributed by atoms with E-state index in [1.165, 1.54) is 225 Å². The van der Waals surface area contributed by atoms with Crippen LogP contribution in [0.4, 0.5) is 0 Å². The van der Waals surface area contributed by atoms with Crippen molar-refractivity contribution >= 4 is 17.9 Å². The molecule has 456 valence electrons. The Hall–Kier alpha value is -2.63. The Labute approximate surface area is 486 Å². The molecule has 1 unspecified atom stereocenters. The van der Waals surface area contributed by atoms with Gasteiger partial charge < -0.3 is 14.2 Å². The molecule has 0 aliphatic carbocycles. The van der Waals surface area contributed by atoms with Crippen molar-refractivity contribution in [3.05, 3.63) is 48.6 Å². The quantitative estimate of drug-likeness (QED) is 0.0261. The Morgan fingerprint density at radius 1 is 0.269 bits per heavy atom. The molecule has 6 heteroatoms. The number of ether oxygens (including phenoxy) is 3. The van der Waals surface area contributed by atoms with Crippen LogP contribution in [0.2, 0.25) is 0 Å². The summed E-state index contributed by atoms with van der Waals surface area (Å²) in [6.07, 6.45) is 84.7. The summed E-state index contributed by atoms with van der Waals surface area (Å²) in [4.78, 5) is 38.2. The van der Waals surface area contributed by atoms with Crippen LogP contribution in [0.3, 0.4) is 0 Å². The SMILES string of the molecule is CC/C=C\C/C=C\C/C=C\CCCCCCCC(=O)OC(COC(=O)CCCCCCC/C=C\CCC)COC(=O)CCCCCCCCCCCCCCCCCCCCCCCCCCCCCCCCCCCCC. The van der Waals surface area contributed by atoms with Crippen molar-refractivity contribution in [1.29, 1.82) is 0 Å². The third kappa shape index (κ3) is 64.2. The normalized spacial score (nSPS) is 12.3. The molecule has 1 atom stereocenters. The van der Waals surface area contributed by atoms with Crippen molar-refractivity contribution in [3.63, 3.8) is 0 Å². The minimum atomic E-state index is -0.784. The van der Waals surface area contributed by atoms with Gasteiger partial charge in [-0.3, -0.25) is 14.4 Å². The van der Waals surface area contributed by atoms with Crippen molar-refractivity contribution in [3.8, 4) is 0 Å². The number of carbonyl (C=O) groups excluding carboxylic acids is 3. The Morgan fingerprint density at radius 3 is 0.846 bits per heavy atom. The molecule has 0 amide bonds. The molecule has 78 heavy (non-hydrogen) atoms. The zero-order valence-corrected chi connectivity index (χ0v) is 52.5. The summed E-state index contributed by atoms with van der Waals surface area (Å²) in [6.45, 7) is 6.49. The van der Waals surface area contributed by atoms with Gasteiger partial charge in [0.25, 0.3) is 0 Å². The molecule has 0 saturated carbocycles. The summed E-state index contributed by atoms with van der Waals surface area (Å²) in [5.41, 5.74) is 0. The molecule has 0 saturated heterocycles. The van der Waals surface area contributed by atoms with Crippen LogP contribution in [0, 0.1) is 0 Å². The fourth-order valence-corrected chi connectivity index (χ4v) is 10.4. The summed E-state index contributed by atoms with van der Waals surface area (Å²) in [6, 6.07) is 0. The monoisotopic (exact) mass is 1090 g/mol. The number of unbranched alkanes of at least 4 members (excludes halogenated alkanes) is 45. The van der Waals surface area contributed by atoms with Gasteiger partial charge in [0.15, 0.2) is 6.10 Å². The van der Waals surface area contributed by atoms with Gasteiger partial charge in [-0.05, 0) is 70.6 Å². The molecule has 6 nitrogen and oxygen atoms in total. The van der Waals surface area contributed by atoms with Gasteiger partial charge in [-0.15, -0.1) is 0 Å². The molecular weight excluding hydrogens is 961 g/mol. The lowest BCUT2D eigenvalue weighted by Crippen LogP contribution is -2.30. The molecule has 0 radical (unpaired) electrons. The van der Waals surface area contributed by atoms with Crippen molar-refractivity contribution < 1.29 is 28.6 Å². The van der Waals surface area contributed by atoms with Gasteiger partial charge >= 0.3 is 17.9 Å². The highest BCUT2D eigenvalue weighted by molar-refractivity contribution is 5.71. The lowest BCUT2D eigenvalue weighted by Gasteiger charge is -2.18. The largest absolute Gasteiger partial charge is 0.462 e. The fraction of sp³-hybridized carbons (Fsp3) is 0.847. The first-order valence-electron chi connectivity index (χ1n) is 34.6. The van der Waals surface area contributed by atoms with Crippen molar-refractivity contribution in [2.45, 2.75) is 380 Å². The van der Waals surface area contributed by atoms with E-state index in [2.05, 4.69) is 69.4 Å². The van der Waals surface area contributed by atoms with E-state index >= 15 is 0 Å². The molecule has 0 rings (SSSR count). The molecule has 0 fully saturated rings. The zero-order valence-electron chi connectivity index (χ0n) is 52.5. The van der Waals surface area contributed by atoms with Crippen LogP contribution >= 0.6 is 0 Å². The average Bonchev–Trinajstić information content (AvgIpc) is 3.44. The number of rotatable bonds is 64. The molecule has 0 aromatic carbocycles. The van der Waals surface area contributed by atoms with Crippen LogP contribution in [0.1, 0.15) is 374 Å². The summed E-state index contributed by atoms with van der Waals surface area (Å²) in [7, 11) is 0. The molecule has 0 aromatic heterocycles. The van der Waals surface area contributed by atoms with Gasteiger partial charge in [0.05, 0.1) is 0 Å². The van der Waals surface area contributed by atoms with Gasteiger partial charge in [0.2, 0.25) is 0 Å². The summed E-state index contributed by atoms with van der Waals surface area (Å²) >= 11 is 0. The number of esters is 3. The van der Waals surface area contributed by atoms with Crippen LogP contribution in [-0.4, -0.2) is 37.2 Å². The summed E-state index contributed by atoms with van der Waals surface area (Å²) in [5, 5.41) is 0. The molecular formula is C72H132O6. The van der Waals surface area contributed by atoms with E-state index in [1.807, 2.05) is 0 Å². The van der Waals surface area contributed by atoms with Crippen molar-refractivity contribution in [1.82, 2.24) is 0 Å². The number of hydrogen-bond acceptors (Lipinski definition) is 6. The number of allylic oxidation sites excluding steroid dienone is 8. The maximum Gasteiger partial charge on any atom is 0.306 e. The van der Waals surface area contributed by atoms with Crippen molar-refractivity contribution in [2.24, 2.45) is 0 Å². The second-order valence-corrected chi connectivity index (χ2v) is 23.4.